The van der Waals surface area contributed by atoms with Gasteiger partial charge in [-0.2, -0.15) is 23.5 Å². The minimum Gasteiger partial charge on any atom is -0.385 e. The van der Waals surface area contributed by atoms with Crippen molar-refractivity contribution in [1.29, 1.82) is 0 Å². The van der Waals surface area contributed by atoms with Gasteiger partial charge in [-0.25, -0.2) is 0 Å². The molecule has 0 atom stereocenters. The van der Waals surface area contributed by atoms with E-state index >= 15 is 0 Å². The van der Waals surface area contributed by atoms with Gasteiger partial charge in [-0.05, 0) is 30.3 Å². The SMILES string of the molecule is COCCCC1CSCSC1. The third-order valence-corrected chi connectivity index (χ3v) is 4.58. The van der Waals surface area contributed by atoms with Crippen molar-refractivity contribution in [3.63, 3.8) is 0 Å². The quantitative estimate of drug-likeness (QED) is 0.633. The van der Waals surface area contributed by atoms with E-state index in [1.165, 1.54) is 29.4 Å². The van der Waals surface area contributed by atoms with E-state index in [4.69, 9.17) is 4.74 Å². The zero-order valence-electron chi connectivity index (χ0n) is 7.04. The van der Waals surface area contributed by atoms with Crippen molar-refractivity contribution < 1.29 is 4.74 Å². The molecule has 0 radical (unpaired) electrons. The Morgan fingerprint density at radius 2 is 2.09 bits per heavy atom. The molecule has 66 valence electrons. The topological polar surface area (TPSA) is 9.23 Å². The fraction of sp³-hybridized carbons (Fsp3) is 1.00. The third kappa shape index (κ3) is 4.28. The summed E-state index contributed by atoms with van der Waals surface area (Å²) in [5.74, 6) is 3.70. The molecule has 11 heavy (non-hydrogen) atoms. The fourth-order valence-corrected chi connectivity index (χ4v) is 3.85. The molecule has 1 aliphatic rings. The summed E-state index contributed by atoms with van der Waals surface area (Å²) >= 11 is 4.17. The maximum Gasteiger partial charge on any atom is 0.0462 e. The van der Waals surface area contributed by atoms with Crippen LogP contribution in [0.15, 0.2) is 0 Å². The smallest absolute Gasteiger partial charge is 0.0462 e. The predicted molar refractivity (Wildman–Crippen MR) is 54.4 cm³/mol. The van der Waals surface area contributed by atoms with Crippen molar-refractivity contribution in [2.45, 2.75) is 12.8 Å². The van der Waals surface area contributed by atoms with Crippen LogP contribution in [0.1, 0.15) is 12.8 Å². The lowest BCUT2D eigenvalue weighted by atomic mass is 10.1. The molecule has 1 nitrogen and oxygen atoms in total. The van der Waals surface area contributed by atoms with Gasteiger partial charge in [0.2, 0.25) is 0 Å². The first-order valence-electron chi connectivity index (χ1n) is 4.08. The summed E-state index contributed by atoms with van der Waals surface area (Å²) in [5.41, 5.74) is 0. The summed E-state index contributed by atoms with van der Waals surface area (Å²) in [5, 5.41) is 1.31. The largest absolute Gasteiger partial charge is 0.385 e. The highest BCUT2D eigenvalue weighted by Crippen LogP contribution is 2.28. The lowest BCUT2D eigenvalue weighted by Crippen LogP contribution is -2.12. The average Bonchev–Trinajstić information content (AvgIpc) is 2.07. The molecule has 0 aromatic carbocycles. The van der Waals surface area contributed by atoms with Crippen molar-refractivity contribution in [1.82, 2.24) is 0 Å². The second-order valence-electron chi connectivity index (χ2n) is 2.86. The van der Waals surface area contributed by atoms with Gasteiger partial charge in [0.25, 0.3) is 0 Å². The Balaban J connectivity index is 1.96. The van der Waals surface area contributed by atoms with Gasteiger partial charge in [0.05, 0.1) is 0 Å². The molecule has 0 unspecified atom stereocenters. The second-order valence-corrected chi connectivity index (χ2v) is 5.29. The summed E-state index contributed by atoms with van der Waals surface area (Å²) < 4.78 is 5.02. The standard InChI is InChI=1S/C8H16OS2/c1-9-4-2-3-8-5-10-7-11-6-8/h8H,2-7H2,1H3. The van der Waals surface area contributed by atoms with E-state index in [2.05, 4.69) is 23.5 Å². The Bertz CT molecular complexity index is 92.1. The van der Waals surface area contributed by atoms with Crippen LogP contribution in [0.3, 0.4) is 0 Å². The lowest BCUT2D eigenvalue weighted by molar-refractivity contribution is 0.189. The van der Waals surface area contributed by atoms with E-state index < -0.39 is 0 Å². The monoisotopic (exact) mass is 192 g/mol. The molecule has 0 bridgehead atoms. The highest BCUT2D eigenvalue weighted by atomic mass is 32.2. The molecule has 0 aliphatic carbocycles. The molecule has 1 fully saturated rings. The molecular formula is C8H16OS2. The fourth-order valence-electron chi connectivity index (χ4n) is 1.22. The summed E-state index contributed by atoms with van der Waals surface area (Å²) in [7, 11) is 1.78. The minimum atomic E-state index is 0.936. The van der Waals surface area contributed by atoms with E-state index in [-0.39, 0.29) is 0 Å². The Labute approximate surface area is 77.6 Å². The zero-order chi connectivity index (χ0) is 7.94. The number of hydrogen-bond acceptors (Lipinski definition) is 3. The van der Waals surface area contributed by atoms with Gasteiger partial charge in [-0.15, -0.1) is 0 Å². The minimum absolute atomic E-state index is 0.936. The zero-order valence-corrected chi connectivity index (χ0v) is 8.68. The van der Waals surface area contributed by atoms with Crippen LogP contribution < -0.4 is 0 Å². The van der Waals surface area contributed by atoms with E-state index in [0.717, 1.165) is 12.5 Å². The third-order valence-electron chi connectivity index (χ3n) is 1.83. The van der Waals surface area contributed by atoms with E-state index in [0.29, 0.717) is 0 Å². The number of rotatable bonds is 4. The highest BCUT2D eigenvalue weighted by Gasteiger charge is 2.12. The van der Waals surface area contributed by atoms with Crippen LogP contribution >= 0.6 is 23.5 Å². The van der Waals surface area contributed by atoms with Crippen LogP contribution in [0.2, 0.25) is 0 Å². The molecule has 0 saturated carbocycles. The van der Waals surface area contributed by atoms with Gasteiger partial charge < -0.3 is 4.74 Å². The van der Waals surface area contributed by atoms with Crippen LogP contribution in [0.5, 0.6) is 0 Å². The maximum atomic E-state index is 5.02. The number of methoxy groups -OCH3 is 1. The molecule has 0 amide bonds. The Morgan fingerprint density at radius 3 is 2.73 bits per heavy atom. The van der Waals surface area contributed by atoms with Gasteiger partial charge in [-0.3, -0.25) is 0 Å². The normalized spacial score (nSPS) is 20.5. The summed E-state index contributed by atoms with van der Waals surface area (Å²) in [6.07, 6.45) is 2.59. The van der Waals surface area contributed by atoms with Gasteiger partial charge in [-0.1, -0.05) is 0 Å². The molecule has 1 saturated heterocycles. The molecule has 1 heterocycles. The van der Waals surface area contributed by atoms with E-state index in [9.17, 15) is 0 Å². The van der Waals surface area contributed by atoms with Crippen molar-refractivity contribution in [3.8, 4) is 0 Å². The van der Waals surface area contributed by atoms with Crippen molar-refractivity contribution >= 4 is 23.5 Å². The molecular weight excluding hydrogens is 176 g/mol. The second kappa shape index (κ2) is 6.21. The van der Waals surface area contributed by atoms with Gasteiger partial charge in [0, 0.05) is 18.8 Å². The number of ether oxygens (including phenoxy) is 1. The molecule has 1 rings (SSSR count). The van der Waals surface area contributed by atoms with Crippen molar-refractivity contribution in [2.75, 3.05) is 30.3 Å². The Kier molecular flexibility index (Phi) is 5.50. The predicted octanol–water partition coefficient (Wildman–Crippen LogP) is 2.47. The van der Waals surface area contributed by atoms with Crippen LogP contribution in [-0.2, 0) is 4.74 Å². The van der Waals surface area contributed by atoms with Gasteiger partial charge >= 0.3 is 0 Å². The van der Waals surface area contributed by atoms with Crippen LogP contribution in [0, 0.1) is 5.92 Å². The van der Waals surface area contributed by atoms with Crippen LogP contribution in [-0.4, -0.2) is 30.3 Å². The lowest BCUT2D eigenvalue weighted by Gasteiger charge is -2.20. The summed E-state index contributed by atoms with van der Waals surface area (Å²) in [4.78, 5) is 0. The molecule has 0 N–H and O–H groups in total. The van der Waals surface area contributed by atoms with Gasteiger partial charge in [0.15, 0.2) is 0 Å². The van der Waals surface area contributed by atoms with Crippen LogP contribution in [0.4, 0.5) is 0 Å². The Morgan fingerprint density at radius 1 is 1.36 bits per heavy atom. The molecule has 0 aromatic heterocycles. The summed E-state index contributed by atoms with van der Waals surface area (Å²) in [6.45, 7) is 0.936. The first-order valence-corrected chi connectivity index (χ1v) is 6.39. The number of thioether (sulfide) groups is 2. The van der Waals surface area contributed by atoms with Crippen molar-refractivity contribution in [3.05, 3.63) is 0 Å². The first kappa shape index (κ1) is 9.75. The average molecular weight is 192 g/mol. The maximum absolute atomic E-state index is 5.02. The molecule has 3 heteroatoms. The Hall–Kier alpha value is 0.660. The molecule has 1 aliphatic heterocycles. The summed E-state index contributed by atoms with van der Waals surface area (Å²) in [6, 6.07) is 0. The van der Waals surface area contributed by atoms with Crippen molar-refractivity contribution in [2.24, 2.45) is 5.92 Å². The van der Waals surface area contributed by atoms with Crippen LogP contribution in [0.25, 0.3) is 0 Å². The number of hydrogen-bond donors (Lipinski definition) is 0. The van der Waals surface area contributed by atoms with Gasteiger partial charge in [0.1, 0.15) is 0 Å². The van der Waals surface area contributed by atoms with E-state index in [1.807, 2.05) is 0 Å². The van der Waals surface area contributed by atoms with E-state index in [1.54, 1.807) is 7.11 Å². The first-order chi connectivity index (χ1) is 5.43. The highest BCUT2D eigenvalue weighted by molar-refractivity contribution is 8.16. The molecule has 0 aromatic rings. The molecule has 0 spiro atoms.